The number of carbonyl (C=O) groups excluding carboxylic acids is 2. The Morgan fingerprint density at radius 1 is 0.974 bits per heavy atom. The molecular formula is C25H19N7O6. The first kappa shape index (κ1) is 23.1. The first-order chi connectivity index (χ1) is 18.4. The summed E-state index contributed by atoms with van der Waals surface area (Å²) in [6.45, 7) is 0.177. The molecule has 0 saturated carbocycles. The summed E-state index contributed by atoms with van der Waals surface area (Å²) in [4.78, 5) is 61.3. The number of H-pyrrole nitrogens is 2. The van der Waals surface area contributed by atoms with Gasteiger partial charge >= 0.3 is 11.5 Å². The van der Waals surface area contributed by atoms with Gasteiger partial charge in [0.15, 0.2) is 11.4 Å². The minimum atomic E-state index is -0.628. The van der Waals surface area contributed by atoms with Crippen LogP contribution in [-0.2, 0) is 13.0 Å². The van der Waals surface area contributed by atoms with E-state index in [1.165, 1.54) is 12.4 Å². The van der Waals surface area contributed by atoms with E-state index in [2.05, 4.69) is 40.2 Å². The largest absolute Gasteiger partial charge is 0.439 e. The van der Waals surface area contributed by atoms with Crippen LogP contribution in [0, 0.1) is 0 Å². The Morgan fingerprint density at radius 3 is 2.63 bits per heavy atom. The maximum Gasteiger partial charge on any atom is 0.439 e. The van der Waals surface area contributed by atoms with Gasteiger partial charge in [-0.3, -0.25) is 24.1 Å². The van der Waals surface area contributed by atoms with E-state index in [1.807, 2.05) is 12.1 Å². The molecule has 38 heavy (non-hydrogen) atoms. The van der Waals surface area contributed by atoms with Gasteiger partial charge in [0.2, 0.25) is 0 Å². The van der Waals surface area contributed by atoms with Crippen molar-refractivity contribution in [2.45, 2.75) is 25.4 Å². The number of amides is 2. The van der Waals surface area contributed by atoms with Crippen LogP contribution in [0.2, 0.25) is 0 Å². The maximum atomic E-state index is 12.9. The molecule has 0 fully saturated rings. The predicted molar refractivity (Wildman–Crippen MR) is 131 cm³/mol. The fourth-order valence-corrected chi connectivity index (χ4v) is 4.49. The Hall–Kier alpha value is -5.33. The number of hydrogen-bond donors (Lipinski definition) is 4. The molecule has 4 N–H and O–H groups in total. The zero-order valence-corrected chi connectivity index (χ0v) is 19.6. The van der Waals surface area contributed by atoms with Crippen molar-refractivity contribution in [3.8, 4) is 11.4 Å². The number of hydrogen-bond acceptors (Lipinski definition) is 9. The average Bonchev–Trinajstić information content (AvgIpc) is 3.64. The third kappa shape index (κ3) is 4.48. The van der Waals surface area contributed by atoms with Crippen molar-refractivity contribution in [2.75, 3.05) is 0 Å². The van der Waals surface area contributed by atoms with Gasteiger partial charge < -0.3 is 15.1 Å². The first-order valence-corrected chi connectivity index (χ1v) is 11.6. The third-order valence-corrected chi connectivity index (χ3v) is 6.31. The van der Waals surface area contributed by atoms with E-state index >= 15 is 0 Å². The fraction of sp³-hybridized carbons (Fsp3) is 0.160. The highest BCUT2D eigenvalue weighted by Gasteiger charge is 2.26. The maximum absolute atomic E-state index is 12.9. The second-order valence-electron chi connectivity index (χ2n) is 8.74. The summed E-state index contributed by atoms with van der Waals surface area (Å²) in [5.74, 6) is -1.75. The number of fused-ring (bicyclic) bond motifs is 2. The van der Waals surface area contributed by atoms with Gasteiger partial charge in [0.25, 0.3) is 11.8 Å². The molecule has 0 unspecified atom stereocenters. The molecule has 0 saturated heterocycles. The Morgan fingerprint density at radius 2 is 1.82 bits per heavy atom. The molecule has 5 aromatic rings. The lowest BCUT2D eigenvalue weighted by Crippen LogP contribution is -2.29. The van der Waals surface area contributed by atoms with Gasteiger partial charge in [-0.2, -0.15) is 0 Å². The first-order valence-electron chi connectivity index (χ1n) is 11.6. The Labute approximate surface area is 212 Å². The second kappa shape index (κ2) is 9.28. The van der Waals surface area contributed by atoms with Gasteiger partial charge in [0.1, 0.15) is 17.7 Å². The Kier molecular flexibility index (Phi) is 5.64. The lowest BCUT2D eigenvalue weighted by atomic mass is 10.0. The van der Waals surface area contributed by atoms with Gasteiger partial charge in [-0.25, -0.2) is 19.6 Å². The summed E-state index contributed by atoms with van der Waals surface area (Å²) in [5, 5.41) is 9.42. The number of nitrogens with one attached hydrogen (secondary N) is 4. The standard InChI is InChI=1S/C25H19N7O6/c33-22(26-10-12-1-6-20-17(7-12)30-24(35)37-20)18-9-19(28-11-27-18)23(34)29-16-5-3-13-8-14(2-4-15(13)16)21-31-25(36)38-32-21/h1-2,4,6-9,11,16H,3,5,10H2,(H,26,33)(H,29,34)(H,30,35)(H,31,32,36)/t16-/m0/s1. The molecule has 1 aliphatic rings. The zero-order valence-electron chi connectivity index (χ0n) is 19.6. The molecule has 2 amide bonds. The molecule has 1 aliphatic carbocycles. The van der Waals surface area contributed by atoms with Gasteiger partial charge in [-0.05, 0) is 47.7 Å². The van der Waals surface area contributed by atoms with Crippen LogP contribution in [-0.4, -0.2) is 36.9 Å². The molecule has 3 heterocycles. The summed E-state index contributed by atoms with van der Waals surface area (Å²) in [7, 11) is 0. The summed E-state index contributed by atoms with van der Waals surface area (Å²) in [5.41, 5.74) is 4.49. The SMILES string of the molecule is O=C(NCc1ccc2oc(=O)[nH]c2c1)c1cc(C(=O)N[C@H]2CCc3cc(-c4noc(=O)[nH]4)ccc32)ncn1. The van der Waals surface area contributed by atoms with E-state index in [9.17, 15) is 19.2 Å². The van der Waals surface area contributed by atoms with Gasteiger partial charge in [-0.1, -0.05) is 23.4 Å². The van der Waals surface area contributed by atoms with Gasteiger partial charge in [0, 0.05) is 18.2 Å². The van der Waals surface area contributed by atoms with Crippen molar-refractivity contribution < 1.29 is 18.5 Å². The molecule has 2 aromatic carbocycles. The highest BCUT2D eigenvalue weighted by Crippen LogP contribution is 2.33. The van der Waals surface area contributed by atoms with Crippen LogP contribution < -0.4 is 22.1 Å². The van der Waals surface area contributed by atoms with Crippen molar-refractivity contribution in [3.63, 3.8) is 0 Å². The molecule has 1 atom stereocenters. The van der Waals surface area contributed by atoms with Crippen molar-refractivity contribution in [2.24, 2.45) is 0 Å². The molecule has 6 rings (SSSR count). The normalized spacial score (nSPS) is 14.4. The second-order valence-corrected chi connectivity index (χ2v) is 8.74. The van der Waals surface area contributed by atoms with E-state index < -0.39 is 23.3 Å². The van der Waals surface area contributed by atoms with Crippen molar-refractivity contribution in [1.82, 2.24) is 35.7 Å². The summed E-state index contributed by atoms with van der Waals surface area (Å²) in [6, 6.07) is 11.7. The Balaban J connectivity index is 1.11. The number of oxazole rings is 1. The van der Waals surface area contributed by atoms with Crippen LogP contribution in [0.15, 0.2) is 67.3 Å². The molecule has 0 bridgehead atoms. The van der Waals surface area contributed by atoms with Gasteiger partial charge in [0.05, 0.1) is 11.6 Å². The number of benzene rings is 2. The van der Waals surface area contributed by atoms with Crippen LogP contribution in [0.4, 0.5) is 0 Å². The molecule has 3 aromatic heterocycles. The number of nitrogens with zero attached hydrogens (tertiary/aromatic N) is 3. The minimum absolute atomic E-state index is 0.0426. The lowest BCUT2D eigenvalue weighted by molar-refractivity contribution is 0.0931. The van der Waals surface area contributed by atoms with E-state index in [4.69, 9.17) is 4.42 Å². The molecule has 0 spiro atoms. The fourth-order valence-electron chi connectivity index (χ4n) is 4.49. The molecule has 190 valence electrons. The number of aryl methyl sites for hydroxylation is 1. The van der Waals surface area contributed by atoms with Crippen molar-refractivity contribution >= 4 is 22.9 Å². The highest BCUT2D eigenvalue weighted by molar-refractivity contribution is 5.97. The topological polar surface area (TPSA) is 189 Å². The Bertz CT molecular complexity index is 1810. The van der Waals surface area contributed by atoms with Crippen LogP contribution in [0.25, 0.3) is 22.5 Å². The summed E-state index contributed by atoms with van der Waals surface area (Å²) in [6.07, 6.45) is 2.58. The third-order valence-electron chi connectivity index (χ3n) is 6.31. The van der Waals surface area contributed by atoms with Crippen LogP contribution in [0.1, 0.15) is 50.1 Å². The monoisotopic (exact) mass is 513 g/mol. The van der Waals surface area contributed by atoms with Gasteiger partial charge in [-0.15, -0.1) is 0 Å². The number of carbonyl (C=O) groups is 2. The minimum Gasteiger partial charge on any atom is -0.408 e. The quantitative estimate of drug-likeness (QED) is 0.261. The number of rotatable bonds is 6. The van der Waals surface area contributed by atoms with E-state index in [0.29, 0.717) is 28.9 Å². The molecule has 0 aliphatic heterocycles. The van der Waals surface area contributed by atoms with E-state index in [1.54, 1.807) is 24.3 Å². The van der Waals surface area contributed by atoms with Crippen LogP contribution in [0.5, 0.6) is 0 Å². The molecule has 13 nitrogen and oxygen atoms in total. The highest BCUT2D eigenvalue weighted by atomic mass is 16.5. The average molecular weight is 513 g/mol. The zero-order chi connectivity index (χ0) is 26.2. The number of aromatic nitrogens is 5. The summed E-state index contributed by atoms with van der Waals surface area (Å²) < 4.78 is 9.54. The molecule has 13 heteroatoms. The number of aromatic amines is 2. The van der Waals surface area contributed by atoms with Crippen molar-refractivity contribution in [3.05, 3.63) is 98.0 Å². The lowest BCUT2D eigenvalue weighted by Gasteiger charge is -2.14. The smallest absolute Gasteiger partial charge is 0.408 e. The summed E-state index contributed by atoms with van der Waals surface area (Å²) >= 11 is 0. The van der Waals surface area contributed by atoms with E-state index in [0.717, 1.165) is 23.1 Å². The van der Waals surface area contributed by atoms with Crippen LogP contribution in [0.3, 0.4) is 0 Å². The van der Waals surface area contributed by atoms with Crippen molar-refractivity contribution in [1.29, 1.82) is 0 Å². The van der Waals surface area contributed by atoms with E-state index in [-0.39, 0.29) is 24.0 Å². The predicted octanol–water partition coefficient (Wildman–Crippen LogP) is 1.60. The van der Waals surface area contributed by atoms with Crippen LogP contribution >= 0.6 is 0 Å². The molecule has 0 radical (unpaired) electrons. The molecular weight excluding hydrogens is 494 g/mol.